The van der Waals surface area contributed by atoms with Crippen LogP contribution in [0.4, 0.5) is 0 Å². The quantitative estimate of drug-likeness (QED) is 0.529. The van der Waals surface area contributed by atoms with Gasteiger partial charge in [-0.05, 0) is 16.8 Å². The number of hydrogen-bond acceptors (Lipinski definition) is 4. The number of Topliss-reactive ketones (excluding diaryl/α,β-unsaturated/α-hetero) is 2. The first kappa shape index (κ1) is 24.0. The summed E-state index contributed by atoms with van der Waals surface area (Å²) in [6.07, 6.45) is 0. The predicted octanol–water partition coefficient (Wildman–Crippen LogP) is 4.37. The maximum Gasteiger partial charge on any atom is 0.176 e. The molecular weight excluding hydrogens is 419 g/mol. The van der Waals surface area contributed by atoms with Gasteiger partial charge >= 0.3 is 0 Å². The summed E-state index contributed by atoms with van der Waals surface area (Å²) in [4.78, 5) is 29.4. The standard InChI is InChI=1S/C24H24N2O2.2ClH/c27-23(20-7-2-1-3-8-20)17-25-12-14-26(15-13-25)18-24(28)22-11-10-19-6-4-5-9-21(19)16-22;;/h1-11,16H,12-15,17-18H2;2*1H. The number of halogens is 2. The molecule has 4 nitrogen and oxygen atoms in total. The molecule has 4 rings (SSSR count). The van der Waals surface area contributed by atoms with Crippen LogP contribution in [0.2, 0.25) is 0 Å². The van der Waals surface area contributed by atoms with Gasteiger partial charge in [0.25, 0.3) is 0 Å². The lowest BCUT2D eigenvalue weighted by Crippen LogP contribution is -2.49. The Morgan fingerprint density at radius 1 is 0.600 bits per heavy atom. The lowest BCUT2D eigenvalue weighted by molar-refractivity contribution is 0.0783. The molecule has 30 heavy (non-hydrogen) atoms. The fourth-order valence-electron chi connectivity index (χ4n) is 3.68. The second-order valence-corrected chi connectivity index (χ2v) is 7.33. The van der Waals surface area contributed by atoms with Crippen LogP contribution >= 0.6 is 24.8 Å². The number of piperazine rings is 1. The molecule has 0 N–H and O–H groups in total. The van der Waals surface area contributed by atoms with Crippen molar-refractivity contribution in [2.45, 2.75) is 0 Å². The molecule has 0 saturated carbocycles. The van der Waals surface area contributed by atoms with Crippen LogP contribution in [-0.4, -0.2) is 60.6 Å². The summed E-state index contributed by atoms with van der Waals surface area (Å²) in [5.41, 5.74) is 1.52. The Labute approximate surface area is 189 Å². The highest BCUT2D eigenvalue weighted by molar-refractivity contribution is 6.01. The molecule has 1 heterocycles. The van der Waals surface area contributed by atoms with Crippen molar-refractivity contribution < 1.29 is 9.59 Å². The van der Waals surface area contributed by atoms with E-state index in [1.807, 2.05) is 66.7 Å². The summed E-state index contributed by atoms with van der Waals surface area (Å²) in [5.74, 6) is 0.306. The summed E-state index contributed by atoms with van der Waals surface area (Å²) in [5, 5.41) is 2.24. The predicted molar refractivity (Wildman–Crippen MR) is 126 cm³/mol. The number of carbonyl (C=O) groups is 2. The van der Waals surface area contributed by atoms with Gasteiger partial charge in [-0.2, -0.15) is 0 Å². The minimum atomic E-state index is 0. The molecule has 0 amide bonds. The van der Waals surface area contributed by atoms with Gasteiger partial charge in [0.05, 0.1) is 13.1 Å². The highest BCUT2D eigenvalue weighted by atomic mass is 35.5. The molecule has 0 spiro atoms. The van der Waals surface area contributed by atoms with E-state index in [2.05, 4.69) is 15.9 Å². The van der Waals surface area contributed by atoms with Crippen LogP contribution in [0.3, 0.4) is 0 Å². The van der Waals surface area contributed by atoms with E-state index in [-0.39, 0.29) is 36.4 Å². The Kier molecular flexibility index (Phi) is 9.00. The molecule has 0 aromatic heterocycles. The molecule has 1 aliphatic rings. The van der Waals surface area contributed by atoms with E-state index < -0.39 is 0 Å². The van der Waals surface area contributed by atoms with Crippen LogP contribution in [0.1, 0.15) is 20.7 Å². The number of ketones is 2. The van der Waals surface area contributed by atoms with E-state index in [0.717, 1.165) is 48.1 Å². The number of rotatable bonds is 6. The maximum atomic E-state index is 12.7. The first-order chi connectivity index (χ1) is 13.7. The maximum absolute atomic E-state index is 12.7. The van der Waals surface area contributed by atoms with Gasteiger partial charge in [0, 0.05) is 37.3 Å². The van der Waals surface area contributed by atoms with Crippen LogP contribution in [0, 0.1) is 0 Å². The van der Waals surface area contributed by atoms with E-state index in [4.69, 9.17) is 0 Å². The van der Waals surface area contributed by atoms with Crippen molar-refractivity contribution in [3.63, 3.8) is 0 Å². The summed E-state index contributed by atoms with van der Waals surface area (Å²) < 4.78 is 0. The van der Waals surface area contributed by atoms with E-state index in [9.17, 15) is 9.59 Å². The number of benzene rings is 3. The van der Waals surface area contributed by atoms with Crippen molar-refractivity contribution in [1.29, 1.82) is 0 Å². The first-order valence-corrected chi connectivity index (χ1v) is 9.74. The van der Waals surface area contributed by atoms with E-state index in [0.29, 0.717) is 13.1 Å². The Balaban J connectivity index is 0.00000160. The highest BCUT2D eigenvalue weighted by Crippen LogP contribution is 2.16. The largest absolute Gasteiger partial charge is 0.293 e. The van der Waals surface area contributed by atoms with Gasteiger partial charge in [0.15, 0.2) is 11.6 Å². The Morgan fingerprint density at radius 2 is 1.10 bits per heavy atom. The fraction of sp³-hybridized carbons (Fsp3) is 0.250. The monoisotopic (exact) mass is 444 g/mol. The SMILES string of the molecule is Cl.Cl.O=C(CN1CCN(CC(=O)c2ccc3ccccc3c2)CC1)c1ccccc1. The van der Waals surface area contributed by atoms with Crippen LogP contribution in [0.15, 0.2) is 72.8 Å². The van der Waals surface area contributed by atoms with Gasteiger partial charge in [-0.15, -0.1) is 24.8 Å². The Hall–Kier alpha value is -2.24. The lowest BCUT2D eigenvalue weighted by Gasteiger charge is -2.33. The van der Waals surface area contributed by atoms with Crippen LogP contribution in [-0.2, 0) is 0 Å². The van der Waals surface area contributed by atoms with Crippen molar-refractivity contribution in [3.05, 3.63) is 83.9 Å². The molecule has 0 aliphatic carbocycles. The Bertz CT molecular complexity index is 987. The van der Waals surface area contributed by atoms with E-state index >= 15 is 0 Å². The number of nitrogens with zero attached hydrogens (tertiary/aromatic N) is 2. The zero-order valence-corrected chi connectivity index (χ0v) is 18.3. The fourth-order valence-corrected chi connectivity index (χ4v) is 3.68. The third kappa shape index (κ3) is 5.89. The van der Waals surface area contributed by atoms with Gasteiger partial charge in [0.1, 0.15) is 0 Å². The molecule has 3 aromatic carbocycles. The molecule has 1 aliphatic heterocycles. The zero-order valence-electron chi connectivity index (χ0n) is 16.7. The zero-order chi connectivity index (χ0) is 19.3. The summed E-state index contributed by atoms with van der Waals surface area (Å²) >= 11 is 0. The number of fused-ring (bicyclic) bond motifs is 1. The minimum Gasteiger partial charge on any atom is -0.293 e. The molecule has 1 saturated heterocycles. The van der Waals surface area contributed by atoms with E-state index in [1.165, 1.54) is 0 Å². The number of hydrogen-bond donors (Lipinski definition) is 0. The van der Waals surface area contributed by atoms with Gasteiger partial charge in [-0.3, -0.25) is 19.4 Å². The molecule has 6 heteroatoms. The highest BCUT2D eigenvalue weighted by Gasteiger charge is 2.21. The average Bonchev–Trinajstić information content (AvgIpc) is 2.75. The van der Waals surface area contributed by atoms with Crippen LogP contribution < -0.4 is 0 Å². The van der Waals surface area contributed by atoms with Gasteiger partial charge in [-0.25, -0.2) is 0 Å². The van der Waals surface area contributed by atoms with Crippen molar-refractivity contribution in [2.24, 2.45) is 0 Å². The molecule has 3 aromatic rings. The molecule has 0 atom stereocenters. The normalized spacial score (nSPS) is 14.5. The topological polar surface area (TPSA) is 40.6 Å². The summed E-state index contributed by atoms with van der Waals surface area (Å²) in [7, 11) is 0. The van der Waals surface area contributed by atoms with Gasteiger partial charge in [-0.1, -0.05) is 66.7 Å². The summed E-state index contributed by atoms with van der Waals surface area (Å²) in [6.45, 7) is 4.10. The van der Waals surface area contributed by atoms with Crippen LogP contribution in [0.25, 0.3) is 10.8 Å². The third-order valence-electron chi connectivity index (χ3n) is 5.37. The molecule has 158 valence electrons. The smallest absolute Gasteiger partial charge is 0.176 e. The van der Waals surface area contributed by atoms with Crippen molar-refractivity contribution >= 4 is 47.2 Å². The summed E-state index contributed by atoms with van der Waals surface area (Å²) in [6, 6.07) is 23.4. The lowest BCUT2D eigenvalue weighted by atomic mass is 10.0. The average molecular weight is 445 g/mol. The third-order valence-corrected chi connectivity index (χ3v) is 5.37. The second-order valence-electron chi connectivity index (χ2n) is 7.33. The molecule has 0 unspecified atom stereocenters. The van der Waals surface area contributed by atoms with Crippen molar-refractivity contribution in [1.82, 2.24) is 9.80 Å². The van der Waals surface area contributed by atoms with Crippen molar-refractivity contribution in [3.8, 4) is 0 Å². The van der Waals surface area contributed by atoms with Gasteiger partial charge in [0.2, 0.25) is 0 Å². The molecule has 1 fully saturated rings. The van der Waals surface area contributed by atoms with E-state index in [1.54, 1.807) is 0 Å². The first-order valence-electron chi connectivity index (χ1n) is 9.74. The second kappa shape index (κ2) is 11.2. The van der Waals surface area contributed by atoms with Gasteiger partial charge < -0.3 is 0 Å². The van der Waals surface area contributed by atoms with Crippen LogP contribution in [0.5, 0.6) is 0 Å². The minimum absolute atomic E-state index is 0. The molecular formula is C24H26Cl2N2O2. The number of carbonyl (C=O) groups excluding carboxylic acids is 2. The van der Waals surface area contributed by atoms with Crippen molar-refractivity contribution in [2.75, 3.05) is 39.3 Å². The Morgan fingerprint density at radius 3 is 1.70 bits per heavy atom. The molecule has 0 radical (unpaired) electrons. The molecule has 0 bridgehead atoms.